The van der Waals surface area contributed by atoms with Crippen LogP contribution in [0.5, 0.6) is 0 Å². The first-order chi connectivity index (χ1) is 9.49. The van der Waals surface area contributed by atoms with Gasteiger partial charge in [-0.25, -0.2) is 9.59 Å². The maximum Gasteiger partial charge on any atom is 0.335 e. The number of anilines is 1. The fraction of sp³-hybridized carbons (Fsp3) is 0.333. The van der Waals surface area contributed by atoms with Gasteiger partial charge in [-0.15, -0.1) is 0 Å². The minimum Gasteiger partial charge on any atom is -0.478 e. The molecule has 1 fully saturated rings. The second-order valence-electron chi connectivity index (χ2n) is 4.15. The molecule has 0 atom stereocenters. The Labute approximate surface area is 130 Å². The van der Waals surface area contributed by atoms with Gasteiger partial charge in [-0.1, -0.05) is 23.2 Å². The topological polar surface area (TPSA) is 69.6 Å². The van der Waals surface area contributed by atoms with Crippen LogP contribution < -0.4 is 5.32 Å². The van der Waals surface area contributed by atoms with Crippen LogP contribution >= 0.6 is 35.0 Å². The molecule has 0 spiro atoms. The number of amides is 2. The third kappa shape index (κ3) is 3.50. The van der Waals surface area contributed by atoms with Gasteiger partial charge in [0, 0.05) is 24.6 Å². The molecule has 0 saturated carbocycles. The maximum absolute atomic E-state index is 12.1. The van der Waals surface area contributed by atoms with Crippen LogP contribution in [-0.4, -0.2) is 46.6 Å². The minimum atomic E-state index is -1.13. The molecule has 0 aromatic heterocycles. The summed E-state index contributed by atoms with van der Waals surface area (Å²) in [7, 11) is 0. The summed E-state index contributed by atoms with van der Waals surface area (Å²) < 4.78 is 0. The van der Waals surface area contributed by atoms with Gasteiger partial charge in [0.2, 0.25) is 0 Å². The number of nitrogens with zero attached hydrogens (tertiary/aromatic N) is 1. The molecule has 2 N–H and O–H groups in total. The fourth-order valence-electron chi connectivity index (χ4n) is 1.77. The number of nitrogens with one attached hydrogen (secondary N) is 1. The van der Waals surface area contributed by atoms with Crippen LogP contribution in [-0.2, 0) is 0 Å². The average Bonchev–Trinajstić information content (AvgIpc) is 2.43. The number of aromatic carboxylic acids is 1. The summed E-state index contributed by atoms with van der Waals surface area (Å²) >= 11 is 13.7. The van der Waals surface area contributed by atoms with Crippen LogP contribution in [0.4, 0.5) is 10.5 Å². The third-order valence-corrected chi connectivity index (χ3v) is 4.36. The van der Waals surface area contributed by atoms with Crippen molar-refractivity contribution in [3.63, 3.8) is 0 Å². The Morgan fingerprint density at radius 2 is 1.75 bits per heavy atom. The summed E-state index contributed by atoms with van der Waals surface area (Å²) in [4.78, 5) is 24.6. The number of hydrogen-bond acceptors (Lipinski definition) is 3. The van der Waals surface area contributed by atoms with E-state index in [1.54, 1.807) is 16.7 Å². The Morgan fingerprint density at radius 1 is 1.20 bits per heavy atom. The molecule has 20 heavy (non-hydrogen) atoms. The van der Waals surface area contributed by atoms with Gasteiger partial charge in [-0.3, -0.25) is 0 Å². The van der Waals surface area contributed by atoms with Gasteiger partial charge in [0.05, 0.1) is 21.3 Å². The maximum atomic E-state index is 12.1. The van der Waals surface area contributed by atoms with Crippen molar-refractivity contribution in [2.45, 2.75) is 0 Å². The zero-order valence-electron chi connectivity index (χ0n) is 10.4. The molecule has 1 aliphatic heterocycles. The molecule has 1 aliphatic rings. The van der Waals surface area contributed by atoms with Crippen molar-refractivity contribution >= 4 is 52.7 Å². The molecule has 8 heteroatoms. The van der Waals surface area contributed by atoms with E-state index in [0.717, 1.165) is 11.5 Å². The van der Waals surface area contributed by atoms with E-state index in [-0.39, 0.29) is 27.3 Å². The number of carbonyl (C=O) groups is 2. The smallest absolute Gasteiger partial charge is 0.335 e. The Balaban J connectivity index is 2.16. The summed E-state index contributed by atoms with van der Waals surface area (Å²) in [6, 6.07) is 2.24. The molecule has 0 unspecified atom stereocenters. The minimum absolute atomic E-state index is 0.0210. The molecule has 0 bridgehead atoms. The van der Waals surface area contributed by atoms with Crippen molar-refractivity contribution in [1.29, 1.82) is 0 Å². The fourth-order valence-corrected chi connectivity index (χ4v) is 3.25. The standard InChI is InChI=1S/C12H12Cl2N2O3S/c13-8-5-7(11(17)18)6-9(14)10(8)15-12(19)16-1-3-20-4-2-16/h5-6H,1-4H2,(H,15,19)(H,17,18). The molecule has 0 radical (unpaired) electrons. The molecule has 0 aliphatic carbocycles. The lowest BCUT2D eigenvalue weighted by atomic mass is 10.2. The molecule has 1 heterocycles. The number of urea groups is 1. The zero-order valence-corrected chi connectivity index (χ0v) is 12.7. The first-order valence-corrected chi connectivity index (χ1v) is 7.76. The highest BCUT2D eigenvalue weighted by molar-refractivity contribution is 7.99. The van der Waals surface area contributed by atoms with E-state index in [9.17, 15) is 9.59 Å². The van der Waals surface area contributed by atoms with Gasteiger partial charge in [0.15, 0.2) is 0 Å². The van der Waals surface area contributed by atoms with Gasteiger partial charge in [0.1, 0.15) is 0 Å². The summed E-state index contributed by atoms with van der Waals surface area (Å²) in [6.07, 6.45) is 0. The van der Waals surface area contributed by atoms with E-state index < -0.39 is 5.97 Å². The van der Waals surface area contributed by atoms with E-state index in [0.29, 0.717) is 13.1 Å². The van der Waals surface area contributed by atoms with E-state index in [2.05, 4.69) is 5.32 Å². The number of carbonyl (C=O) groups excluding carboxylic acids is 1. The van der Waals surface area contributed by atoms with Gasteiger partial charge in [-0.05, 0) is 12.1 Å². The first-order valence-electron chi connectivity index (χ1n) is 5.85. The SMILES string of the molecule is O=C(O)c1cc(Cl)c(NC(=O)N2CCSCC2)c(Cl)c1. The molecule has 108 valence electrons. The highest BCUT2D eigenvalue weighted by Gasteiger charge is 2.20. The monoisotopic (exact) mass is 334 g/mol. The highest BCUT2D eigenvalue weighted by Crippen LogP contribution is 2.32. The van der Waals surface area contributed by atoms with Crippen molar-refractivity contribution in [3.8, 4) is 0 Å². The van der Waals surface area contributed by atoms with Crippen LogP contribution in [0.2, 0.25) is 10.0 Å². The van der Waals surface area contributed by atoms with Crippen LogP contribution in [0, 0.1) is 0 Å². The van der Waals surface area contributed by atoms with Crippen molar-refractivity contribution in [1.82, 2.24) is 4.90 Å². The Bertz CT molecular complexity index is 524. The van der Waals surface area contributed by atoms with Crippen molar-refractivity contribution in [2.75, 3.05) is 29.9 Å². The van der Waals surface area contributed by atoms with E-state index in [1.807, 2.05) is 0 Å². The number of carboxylic acid groups (broad SMARTS) is 1. The summed E-state index contributed by atoms with van der Waals surface area (Å²) in [5, 5.41) is 11.7. The predicted molar refractivity (Wildman–Crippen MR) is 81.3 cm³/mol. The first kappa shape index (κ1) is 15.3. The lowest BCUT2D eigenvalue weighted by Gasteiger charge is -2.26. The number of rotatable bonds is 2. The largest absolute Gasteiger partial charge is 0.478 e. The number of benzene rings is 1. The number of carboxylic acids is 1. The Hall–Kier alpha value is -1.11. The quantitative estimate of drug-likeness (QED) is 0.870. The Kier molecular flexibility index (Phi) is 5.01. The van der Waals surface area contributed by atoms with Gasteiger partial charge < -0.3 is 15.3 Å². The number of halogens is 2. The zero-order chi connectivity index (χ0) is 14.7. The van der Waals surface area contributed by atoms with Gasteiger partial charge in [0.25, 0.3) is 0 Å². The second kappa shape index (κ2) is 6.56. The highest BCUT2D eigenvalue weighted by atomic mass is 35.5. The van der Waals surface area contributed by atoms with Gasteiger partial charge in [-0.2, -0.15) is 11.8 Å². The van der Waals surface area contributed by atoms with E-state index in [1.165, 1.54) is 12.1 Å². The van der Waals surface area contributed by atoms with Crippen LogP contribution in [0.1, 0.15) is 10.4 Å². The van der Waals surface area contributed by atoms with Crippen molar-refractivity contribution < 1.29 is 14.7 Å². The summed E-state index contributed by atoms with van der Waals surface area (Å²) in [5.41, 5.74) is 0.217. The molecule has 2 amide bonds. The molecule has 5 nitrogen and oxygen atoms in total. The summed E-state index contributed by atoms with van der Waals surface area (Å²) in [5.74, 6) is 0.666. The molecular formula is C12H12Cl2N2O3S. The number of hydrogen-bond donors (Lipinski definition) is 2. The van der Waals surface area contributed by atoms with Crippen LogP contribution in [0.15, 0.2) is 12.1 Å². The third-order valence-electron chi connectivity index (χ3n) is 2.82. The van der Waals surface area contributed by atoms with Crippen LogP contribution in [0.3, 0.4) is 0 Å². The second-order valence-corrected chi connectivity index (χ2v) is 6.19. The molecule has 1 aromatic carbocycles. The molecular weight excluding hydrogens is 323 g/mol. The van der Waals surface area contributed by atoms with Gasteiger partial charge >= 0.3 is 12.0 Å². The Morgan fingerprint density at radius 3 is 2.25 bits per heavy atom. The van der Waals surface area contributed by atoms with Crippen molar-refractivity contribution in [2.24, 2.45) is 0 Å². The molecule has 1 saturated heterocycles. The number of thioether (sulfide) groups is 1. The predicted octanol–water partition coefficient (Wildman–Crippen LogP) is 3.27. The normalized spacial score (nSPS) is 15.0. The van der Waals surface area contributed by atoms with E-state index >= 15 is 0 Å². The summed E-state index contributed by atoms with van der Waals surface area (Å²) in [6.45, 7) is 1.33. The molecule has 1 aromatic rings. The lowest BCUT2D eigenvalue weighted by molar-refractivity contribution is 0.0697. The molecule has 2 rings (SSSR count). The van der Waals surface area contributed by atoms with Crippen molar-refractivity contribution in [3.05, 3.63) is 27.7 Å². The average molecular weight is 335 g/mol. The lowest BCUT2D eigenvalue weighted by Crippen LogP contribution is -2.40. The van der Waals surface area contributed by atoms with E-state index in [4.69, 9.17) is 28.3 Å². The van der Waals surface area contributed by atoms with Crippen LogP contribution in [0.25, 0.3) is 0 Å².